The van der Waals surface area contributed by atoms with Gasteiger partial charge < -0.3 is 9.64 Å². The Morgan fingerprint density at radius 2 is 2.27 bits per heavy atom. The Kier molecular flexibility index (Phi) is 5.04. The summed E-state index contributed by atoms with van der Waals surface area (Å²) >= 11 is 4.91. The number of ether oxygens (including phenoxy) is 1. The quantitative estimate of drug-likeness (QED) is 0.816. The minimum atomic E-state index is -0.0404. The molecule has 3 heterocycles. The average Bonchev–Trinajstić information content (AvgIpc) is 3.03. The first-order chi connectivity index (χ1) is 10.7. The number of carbonyl (C=O) groups excluding carboxylic acids is 1. The molecule has 0 spiro atoms. The summed E-state index contributed by atoms with van der Waals surface area (Å²) in [6.07, 6.45) is 5.60. The molecule has 0 aromatic carbocycles. The fraction of sp³-hybridized carbons (Fsp3) is 0.400. The smallest absolute Gasteiger partial charge is 0.316 e. The van der Waals surface area contributed by atoms with Crippen molar-refractivity contribution in [2.45, 2.75) is 25.4 Å². The van der Waals surface area contributed by atoms with Crippen LogP contribution in [0.15, 0.2) is 33.7 Å². The Bertz CT molecular complexity index is 618. The number of nitrogens with zero attached hydrogens (tertiary/aromatic N) is 3. The fourth-order valence-electron chi connectivity index (χ4n) is 2.45. The summed E-state index contributed by atoms with van der Waals surface area (Å²) in [7, 11) is 0. The van der Waals surface area contributed by atoms with Crippen molar-refractivity contribution in [2.75, 3.05) is 13.1 Å². The van der Waals surface area contributed by atoms with Crippen LogP contribution in [0.4, 0.5) is 0 Å². The Balaban J connectivity index is 1.56. The summed E-state index contributed by atoms with van der Waals surface area (Å²) in [5.74, 6) is 0.156. The molecule has 0 N–H and O–H groups in total. The summed E-state index contributed by atoms with van der Waals surface area (Å²) in [6, 6.07) is 2.36. The van der Waals surface area contributed by atoms with Crippen LogP contribution in [0.25, 0.3) is 0 Å². The van der Waals surface area contributed by atoms with E-state index < -0.39 is 0 Å². The number of hydrogen-bond acceptors (Lipinski definition) is 5. The molecule has 22 heavy (non-hydrogen) atoms. The van der Waals surface area contributed by atoms with E-state index in [2.05, 4.69) is 25.9 Å². The number of carbonyl (C=O) groups is 1. The third-order valence-corrected chi connectivity index (χ3v) is 4.68. The third kappa shape index (κ3) is 4.04. The van der Waals surface area contributed by atoms with Crippen LogP contribution in [-0.4, -0.2) is 40.0 Å². The zero-order valence-electron chi connectivity index (χ0n) is 11.9. The van der Waals surface area contributed by atoms with Crippen LogP contribution in [0.2, 0.25) is 0 Å². The van der Waals surface area contributed by atoms with Crippen LogP contribution in [0.3, 0.4) is 0 Å². The molecule has 0 aliphatic carbocycles. The first kappa shape index (κ1) is 15.4. The van der Waals surface area contributed by atoms with Crippen molar-refractivity contribution < 1.29 is 9.53 Å². The molecular formula is C15H16BrN3O2S. The van der Waals surface area contributed by atoms with Gasteiger partial charge in [0.05, 0.1) is 17.4 Å². The summed E-state index contributed by atoms with van der Waals surface area (Å²) in [5, 5.41) is 4.01. The summed E-state index contributed by atoms with van der Waals surface area (Å²) in [4.78, 5) is 22.5. The number of halogens is 1. The van der Waals surface area contributed by atoms with E-state index in [1.807, 2.05) is 21.7 Å². The molecule has 5 nitrogen and oxygen atoms in total. The second-order valence-corrected chi connectivity index (χ2v) is 6.91. The van der Waals surface area contributed by atoms with Gasteiger partial charge in [0.2, 0.25) is 5.91 Å². The van der Waals surface area contributed by atoms with Crippen LogP contribution in [0.5, 0.6) is 6.01 Å². The van der Waals surface area contributed by atoms with E-state index >= 15 is 0 Å². The summed E-state index contributed by atoms with van der Waals surface area (Å²) < 4.78 is 6.61. The highest BCUT2D eigenvalue weighted by molar-refractivity contribution is 9.10. The standard InChI is InChI=1S/C15H16BrN3O2S/c16-12-7-17-15(18-8-12)21-13-2-1-4-19(9-13)14(20)6-11-3-5-22-10-11/h3,5,7-8,10,13H,1-2,4,6,9H2/t13-/m1/s1. The van der Waals surface area contributed by atoms with Crippen molar-refractivity contribution in [2.24, 2.45) is 0 Å². The highest BCUT2D eigenvalue weighted by Crippen LogP contribution is 2.18. The molecule has 0 unspecified atom stereocenters. The first-order valence-electron chi connectivity index (χ1n) is 7.14. The van der Waals surface area contributed by atoms with Gasteiger partial charge in [0.15, 0.2) is 0 Å². The molecule has 1 aliphatic heterocycles. The lowest BCUT2D eigenvalue weighted by Gasteiger charge is -2.32. The molecule has 0 saturated carbocycles. The predicted octanol–water partition coefficient (Wildman–Crippen LogP) is 2.91. The van der Waals surface area contributed by atoms with E-state index in [0.29, 0.717) is 19.0 Å². The van der Waals surface area contributed by atoms with Gasteiger partial charge >= 0.3 is 6.01 Å². The zero-order valence-corrected chi connectivity index (χ0v) is 14.3. The van der Waals surface area contributed by atoms with Crippen molar-refractivity contribution in [1.29, 1.82) is 0 Å². The van der Waals surface area contributed by atoms with Crippen LogP contribution in [0, 0.1) is 0 Å². The molecule has 0 bridgehead atoms. The van der Waals surface area contributed by atoms with Crippen LogP contribution >= 0.6 is 27.3 Å². The van der Waals surface area contributed by atoms with Gasteiger partial charge in [-0.2, -0.15) is 11.3 Å². The lowest BCUT2D eigenvalue weighted by Crippen LogP contribution is -2.45. The van der Waals surface area contributed by atoms with Crippen LogP contribution in [-0.2, 0) is 11.2 Å². The van der Waals surface area contributed by atoms with Crippen molar-refractivity contribution in [3.63, 3.8) is 0 Å². The normalized spacial score (nSPS) is 18.2. The van der Waals surface area contributed by atoms with Gasteiger partial charge in [0.25, 0.3) is 0 Å². The molecule has 2 aromatic rings. The van der Waals surface area contributed by atoms with Crippen molar-refractivity contribution >= 4 is 33.2 Å². The molecule has 3 rings (SSSR count). The maximum absolute atomic E-state index is 12.3. The highest BCUT2D eigenvalue weighted by Gasteiger charge is 2.25. The minimum Gasteiger partial charge on any atom is -0.458 e. The molecule has 1 atom stereocenters. The number of hydrogen-bond donors (Lipinski definition) is 0. The van der Waals surface area contributed by atoms with Crippen molar-refractivity contribution in [1.82, 2.24) is 14.9 Å². The second kappa shape index (κ2) is 7.19. The van der Waals surface area contributed by atoms with E-state index in [-0.39, 0.29) is 12.0 Å². The van der Waals surface area contributed by atoms with Crippen molar-refractivity contribution in [3.8, 4) is 6.01 Å². The molecule has 1 fully saturated rings. The topological polar surface area (TPSA) is 55.3 Å². The SMILES string of the molecule is O=C(Cc1ccsc1)N1CCC[C@@H](Oc2ncc(Br)cn2)C1. The molecule has 2 aromatic heterocycles. The van der Waals surface area contributed by atoms with Gasteiger partial charge in [0.1, 0.15) is 6.10 Å². The Morgan fingerprint density at radius 3 is 3.00 bits per heavy atom. The summed E-state index contributed by atoms with van der Waals surface area (Å²) in [6.45, 7) is 1.40. The van der Waals surface area contributed by atoms with Gasteiger partial charge in [-0.05, 0) is 51.2 Å². The number of rotatable bonds is 4. The van der Waals surface area contributed by atoms with Gasteiger partial charge in [-0.1, -0.05) is 0 Å². The molecule has 116 valence electrons. The van der Waals surface area contributed by atoms with Gasteiger partial charge in [-0.3, -0.25) is 4.79 Å². The molecule has 1 saturated heterocycles. The highest BCUT2D eigenvalue weighted by atomic mass is 79.9. The Hall–Kier alpha value is -1.47. The number of piperidine rings is 1. The Morgan fingerprint density at radius 1 is 1.45 bits per heavy atom. The number of thiophene rings is 1. The van der Waals surface area contributed by atoms with E-state index in [9.17, 15) is 4.79 Å². The van der Waals surface area contributed by atoms with E-state index in [4.69, 9.17) is 4.74 Å². The second-order valence-electron chi connectivity index (χ2n) is 5.21. The first-order valence-corrected chi connectivity index (χ1v) is 8.87. The minimum absolute atomic E-state index is 0.0404. The van der Waals surface area contributed by atoms with Crippen molar-refractivity contribution in [3.05, 3.63) is 39.3 Å². The number of aromatic nitrogens is 2. The predicted molar refractivity (Wildman–Crippen MR) is 88.0 cm³/mol. The maximum atomic E-state index is 12.3. The molecule has 1 aliphatic rings. The van der Waals surface area contributed by atoms with Gasteiger partial charge in [0, 0.05) is 18.9 Å². The lowest BCUT2D eigenvalue weighted by atomic mass is 10.1. The molecule has 7 heteroatoms. The van der Waals surface area contributed by atoms with Crippen LogP contribution < -0.4 is 4.74 Å². The van der Waals surface area contributed by atoms with Crippen LogP contribution in [0.1, 0.15) is 18.4 Å². The van der Waals surface area contributed by atoms with E-state index in [0.717, 1.165) is 29.4 Å². The molecule has 1 amide bonds. The lowest BCUT2D eigenvalue weighted by molar-refractivity contribution is -0.133. The monoisotopic (exact) mass is 381 g/mol. The number of likely N-dealkylation sites (tertiary alicyclic amines) is 1. The van der Waals surface area contributed by atoms with E-state index in [1.165, 1.54) is 0 Å². The molecule has 0 radical (unpaired) electrons. The molecular weight excluding hydrogens is 366 g/mol. The van der Waals surface area contributed by atoms with E-state index in [1.54, 1.807) is 23.7 Å². The van der Waals surface area contributed by atoms with Gasteiger partial charge in [-0.15, -0.1) is 0 Å². The maximum Gasteiger partial charge on any atom is 0.316 e. The third-order valence-electron chi connectivity index (χ3n) is 3.54. The fourth-order valence-corrected chi connectivity index (χ4v) is 3.32. The number of amides is 1. The van der Waals surface area contributed by atoms with Gasteiger partial charge in [-0.25, -0.2) is 9.97 Å². The average molecular weight is 382 g/mol. The summed E-state index contributed by atoms with van der Waals surface area (Å²) in [5.41, 5.74) is 1.08. The zero-order chi connectivity index (χ0) is 15.4. The largest absolute Gasteiger partial charge is 0.458 e. The Labute approximate surface area is 141 Å².